The zero-order valence-corrected chi connectivity index (χ0v) is 12.2. The lowest BCUT2D eigenvalue weighted by Crippen LogP contribution is -2.50. The van der Waals surface area contributed by atoms with Crippen LogP contribution in [0.25, 0.3) is 0 Å². The molecule has 3 heteroatoms. The van der Waals surface area contributed by atoms with Crippen LogP contribution in [0.3, 0.4) is 0 Å². The van der Waals surface area contributed by atoms with Crippen LogP contribution in [-0.2, 0) is 4.74 Å². The van der Waals surface area contributed by atoms with Gasteiger partial charge in [-0.2, -0.15) is 0 Å². The summed E-state index contributed by atoms with van der Waals surface area (Å²) in [5, 5.41) is 12.2. The lowest BCUT2D eigenvalue weighted by molar-refractivity contribution is -0.888. The first-order valence-electron chi connectivity index (χ1n) is 7.92. The third-order valence-corrected chi connectivity index (χ3v) is 3.96. The topological polar surface area (TPSA) is 32.3 Å². The van der Waals surface area contributed by atoms with Gasteiger partial charge in [0.15, 0.2) is 0 Å². The van der Waals surface area contributed by atoms with E-state index in [1.165, 1.54) is 51.4 Å². The molecule has 0 atom stereocenters. The number of rotatable bonds is 10. The maximum Gasteiger partial charge on any atom is 0.102 e. The second kappa shape index (κ2) is 9.76. The molecule has 0 unspecified atom stereocenters. The van der Waals surface area contributed by atoms with Crippen LogP contribution in [0.1, 0.15) is 64.7 Å². The average Bonchev–Trinajstić information content (AvgIpc) is 2.38. The van der Waals surface area contributed by atoms with E-state index in [0.29, 0.717) is 26.3 Å². The van der Waals surface area contributed by atoms with Gasteiger partial charge in [0.1, 0.15) is 13.1 Å². The molecule has 0 bridgehead atoms. The summed E-state index contributed by atoms with van der Waals surface area (Å²) >= 11 is 0. The van der Waals surface area contributed by atoms with Crippen LogP contribution in [0.15, 0.2) is 0 Å². The Balaban J connectivity index is 1.86. The summed E-state index contributed by atoms with van der Waals surface area (Å²) in [5.74, 6) is 0. The quantitative estimate of drug-likeness (QED) is 0.338. The standard InChI is InChI=1S/C15H31NO2/c1-2-3-4-5-6-7-8-9-10-11-16(17)12-14-18-15-13-16/h2-15H2,1H3. The van der Waals surface area contributed by atoms with Gasteiger partial charge < -0.3 is 14.6 Å². The Bertz CT molecular complexity index is 191. The first-order chi connectivity index (χ1) is 8.77. The molecule has 1 heterocycles. The third-order valence-electron chi connectivity index (χ3n) is 3.96. The van der Waals surface area contributed by atoms with Crippen molar-refractivity contribution in [1.29, 1.82) is 0 Å². The minimum absolute atomic E-state index is 0.00347. The SMILES string of the molecule is CCCCCCCCCCC[N+]1([O-])CCOCC1. The molecule has 0 saturated carbocycles. The molecular formula is C15H31NO2. The molecule has 0 amide bonds. The fourth-order valence-electron chi connectivity index (χ4n) is 2.61. The van der Waals surface area contributed by atoms with Crippen molar-refractivity contribution >= 4 is 0 Å². The van der Waals surface area contributed by atoms with Gasteiger partial charge in [-0.3, -0.25) is 0 Å². The summed E-state index contributed by atoms with van der Waals surface area (Å²) < 4.78 is 5.24. The van der Waals surface area contributed by atoms with E-state index in [9.17, 15) is 5.21 Å². The van der Waals surface area contributed by atoms with Gasteiger partial charge in [-0.25, -0.2) is 0 Å². The smallest absolute Gasteiger partial charge is 0.102 e. The van der Waals surface area contributed by atoms with Crippen molar-refractivity contribution in [3.05, 3.63) is 5.21 Å². The van der Waals surface area contributed by atoms with Crippen molar-refractivity contribution in [1.82, 2.24) is 0 Å². The van der Waals surface area contributed by atoms with E-state index in [1.54, 1.807) is 0 Å². The lowest BCUT2D eigenvalue weighted by atomic mass is 10.1. The number of unbranched alkanes of at least 4 members (excludes halogenated alkanes) is 8. The molecule has 1 aliphatic rings. The second-order valence-corrected chi connectivity index (χ2v) is 5.67. The van der Waals surface area contributed by atoms with Crippen LogP contribution >= 0.6 is 0 Å². The fourth-order valence-corrected chi connectivity index (χ4v) is 2.61. The van der Waals surface area contributed by atoms with Crippen molar-refractivity contribution in [2.45, 2.75) is 64.7 Å². The van der Waals surface area contributed by atoms with Crippen molar-refractivity contribution in [2.24, 2.45) is 0 Å². The van der Waals surface area contributed by atoms with Gasteiger partial charge in [0.2, 0.25) is 0 Å². The first kappa shape index (κ1) is 15.9. The van der Waals surface area contributed by atoms with Crippen LogP contribution in [0.5, 0.6) is 0 Å². The summed E-state index contributed by atoms with van der Waals surface area (Å²) in [6, 6.07) is 0. The van der Waals surface area contributed by atoms with E-state index in [-0.39, 0.29) is 4.65 Å². The van der Waals surface area contributed by atoms with Gasteiger partial charge in [0, 0.05) is 0 Å². The third kappa shape index (κ3) is 7.34. The van der Waals surface area contributed by atoms with E-state index < -0.39 is 0 Å². The van der Waals surface area contributed by atoms with Crippen molar-refractivity contribution < 1.29 is 9.38 Å². The van der Waals surface area contributed by atoms with Gasteiger partial charge in [0.05, 0.1) is 19.8 Å². The van der Waals surface area contributed by atoms with Crippen LogP contribution < -0.4 is 0 Å². The normalized spacial score (nSPS) is 19.0. The number of morpholine rings is 1. The summed E-state index contributed by atoms with van der Waals surface area (Å²) in [6.07, 6.45) is 11.9. The Morgan fingerprint density at radius 2 is 1.33 bits per heavy atom. The van der Waals surface area contributed by atoms with Crippen molar-refractivity contribution in [2.75, 3.05) is 32.8 Å². The minimum Gasteiger partial charge on any atom is -0.633 e. The molecule has 0 spiro atoms. The number of hydrogen-bond donors (Lipinski definition) is 0. The summed E-state index contributed by atoms with van der Waals surface area (Å²) in [5.41, 5.74) is 0. The first-order valence-corrected chi connectivity index (χ1v) is 7.92. The van der Waals surface area contributed by atoms with E-state index >= 15 is 0 Å². The molecule has 1 aliphatic heterocycles. The molecule has 1 fully saturated rings. The Morgan fingerprint density at radius 3 is 1.89 bits per heavy atom. The highest BCUT2D eigenvalue weighted by Crippen LogP contribution is 2.14. The van der Waals surface area contributed by atoms with Gasteiger partial charge in [0.25, 0.3) is 0 Å². The molecule has 0 aromatic heterocycles. The van der Waals surface area contributed by atoms with Crippen LogP contribution in [0.2, 0.25) is 0 Å². The number of hydroxylamine groups is 3. The summed E-state index contributed by atoms with van der Waals surface area (Å²) in [4.78, 5) is 0. The number of ether oxygens (including phenoxy) is 1. The van der Waals surface area contributed by atoms with E-state index in [2.05, 4.69) is 6.92 Å². The zero-order chi connectivity index (χ0) is 13.1. The highest BCUT2D eigenvalue weighted by atomic mass is 16.6. The molecule has 0 radical (unpaired) electrons. The van der Waals surface area contributed by atoms with Crippen LogP contribution in [0.4, 0.5) is 0 Å². The molecule has 0 N–H and O–H groups in total. The van der Waals surface area contributed by atoms with Crippen molar-refractivity contribution in [3.8, 4) is 0 Å². The fraction of sp³-hybridized carbons (Fsp3) is 1.00. The van der Waals surface area contributed by atoms with E-state index in [1.807, 2.05) is 0 Å². The predicted octanol–water partition coefficient (Wildman–Crippen LogP) is 3.86. The molecule has 1 saturated heterocycles. The lowest BCUT2D eigenvalue weighted by Gasteiger charge is -2.45. The van der Waals surface area contributed by atoms with Crippen LogP contribution in [-0.4, -0.2) is 37.5 Å². The predicted molar refractivity (Wildman–Crippen MR) is 76.3 cm³/mol. The largest absolute Gasteiger partial charge is 0.633 e. The van der Waals surface area contributed by atoms with Gasteiger partial charge in [-0.1, -0.05) is 51.9 Å². The molecule has 0 aromatic rings. The van der Waals surface area contributed by atoms with Gasteiger partial charge >= 0.3 is 0 Å². The summed E-state index contributed by atoms with van der Waals surface area (Å²) in [7, 11) is 0. The minimum atomic E-state index is -0.00347. The zero-order valence-electron chi connectivity index (χ0n) is 12.2. The Morgan fingerprint density at radius 1 is 0.833 bits per heavy atom. The van der Waals surface area contributed by atoms with Crippen LogP contribution in [0, 0.1) is 5.21 Å². The molecular weight excluding hydrogens is 226 g/mol. The number of nitrogens with zero attached hydrogens (tertiary/aromatic N) is 1. The Kier molecular flexibility index (Phi) is 8.64. The van der Waals surface area contributed by atoms with E-state index in [0.717, 1.165) is 13.0 Å². The van der Waals surface area contributed by atoms with E-state index in [4.69, 9.17) is 4.74 Å². The van der Waals surface area contributed by atoms with Crippen molar-refractivity contribution in [3.63, 3.8) is 0 Å². The highest BCUT2D eigenvalue weighted by Gasteiger charge is 2.19. The van der Waals surface area contributed by atoms with Gasteiger partial charge in [-0.15, -0.1) is 0 Å². The average molecular weight is 257 g/mol. The monoisotopic (exact) mass is 257 g/mol. The van der Waals surface area contributed by atoms with Gasteiger partial charge in [-0.05, 0) is 12.8 Å². The molecule has 0 aliphatic carbocycles. The number of quaternary nitrogens is 1. The maximum atomic E-state index is 12.2. The molecule has 3 nitrogen and oxygen atoms in total. The molecule has 1 rings (SSSR count). The highest BCUT2D eigenvalue weighted by molar-refractivity contribution is 4.52. The number of hydrogen-bond acceptors (Lipinski definition) is 2. The Labute approximate surface area is 113 Å². The molecule has 18 heavy (non-hydrogen) atoms. The summed E-state index contributed by atoms with van der Waals surface area (Å²) in [6.45, 7) is 5.70. The molecule has 0 aromatic carbocycles. The maximum absolute atomic E-state index is 12.2. The Hall–Kier alpha value is -0.120. The molecule has 108 valence electrons. The second-order valence-electron chi connectivity index (χ2n) is 5.67.